The van der Waals surface area contributed by atoms with E-state index in [0.717, 1.165) is 31.4 Å². The van der Waals surface area contributed by atoms with Crippen molar-refractivity contribution in [2.75, 3.05) is 6.54 Å². The first-order chi connectivity index (χ1) is 8.75. The maximum atomic E-state index is 12.4. The summed E-state index contributed by atoms with van der Waals surface area (Å²) in [6, 6.07) is 9.91. The van der Waals surface area contributed by atoms with Crippen molar-refractivity contribution >= 4 is 0 Å². The van der Waals surface area contributed by atoms with Crippen LogP contribution < -0.4 is 5.32 Å². The van der Waals surface area contributed by atoms with E-state index in [1.165, 1.54) is 0 Å². The van der Waals surface area contributed by atoms with Crippen molar-refractivity contribution in [3.05, 3.63) is 35.9 Å². The minimum atomic E-state index is -2.69. The molecule has 0 unspecified atom stereocenters. The highest BCUT2D eigenvalue weighted by molar-refractivity contribution is 5.16. The van der Waals surface area contributed by atoms with Crippen LogP contribution in [0.5, 0.6) is 0 Å². The lowest BCUT2D eigenvalue weighted by Gasteiger charge is -2.25. The second-order valence-electron chi connectivity index (χ2n) is 4.68. The van der Waals surface area contributed by atoms with Gasteiger partial charge in [0.05, 0.1) is 6.10 Å². The largest absolute Gasteiger partial charge is 0.345 e. The van der Waals surface area contributed by atoms with Crippen LogP contribution in [0.25, 0.3) is 0 Å². The number of hydrogen-bond acceptors (Lipinski definition) is 2. The maximum Gasteiger partial charge on any atom is 0.345 e. The first-order valence-electron chi connectivity index (χ1n) is 6.46. The molecule has 2 rings (SSSR count). The average Bonchev–Trinajstić information content (AvgIpc) is 2.56. The standard InChI is InChI=1S/C14H19F2NO/c15-14(16)18-13-8-4-5-9-17-12(13)10-11-6-2-1-3-7-11/h1-3,6-7,12-14,17H,4-5,8-10H2/t12-,13+/m0/s1. The van der Waals surface area contributed by atoms with Crippen LogP contribution in [0.2, 0.25) is 0 Å². The van der Waals surface area contributed by atoms with Gasteiger partial charge in [-0.3, -0.25) is 0 Å². The molecule has 1 saturated heterocycles. The summed E-state index contributed by atoms with van der Waals surface area (Å²) < 4.78 is 29.6. The maximum absolute atomic E-state index is 12.4. The molecule has 0 bridgehead atoms. The minimum Gasteiger partial charge on any atom is -0.318 e. The van der Waals surface area contributed by atoms with E-state index in [-0.39, 0.29) is 6.04 Å². The van der Waals surface area contributed by atoms with Crippen LogP contribution in [-0.4, -0.2) is 25.3 Å². The highest BCUT2D eigenvalue weighted by Gasteiger charge is 2.26. The number of ether oxygens (including phenoxy) is 1. The Hall–Kier alpha value is -1.00. The fourth-order valence-electron chi connectivity index (χ4n) is 2.46. The van der Waals surface area contributed by atoms with E-state index in [0.29, 0.717) is 6.42 Å². The van der Waals surface area contributed by atoms with Crippen molar-refractivity contribution in [1.82, 2.24) is 5.32 Å². The first kappa shape index (κ1) is 13.4. The first-order valence-corrected chi connectivity index (χ1v) is 6.46. The second kappa shape index (κ2) is 6.81. The van der Waals surface area contributed by atoms with Gasteiger partial charge in [0.2, 0.25) is 0 Å². The van der Waals surface area contributed by atoms with E-state index in [1.807, 2.05) is 30.3 Å². The third-order valence-corrected chi connectivity index (χ3v) is 3.35. The third kappa shape index (κ3) is 4.03. The molecule has 0 saturated carbocycles. The molecule has 1 fully saturated rings. The molecule has 1 aromatic rings. The van der Waals surface area contributed by atoms with Gasteiger partial charge in [0.15, 0.2) is 0 Å². The third-order valence-electron chi connectivity index (χ3n) is 3.35. The summed E-state index contributed by atoms with van der Waals surface area (Å²) in [5.74, 6) is 0. The Kier molecular flexibility index (Phi) is 5.08. The van der Waals surface area contributed by atoms with E-state index < -0.39 is 12.7 Å². The summed E-state index contributed by atoms with van der Waals surface area (Å²) in [4.78, 5) is 0. The summed E-state index contributed by atoms with van der Waals surface area (Å²) in [5, 5.41) is 3.33. The van der Waals surface area contributed by atoms with Gasteiger partial charge in [0.25, 0.3) is 0 Å². The van der Waals surface area contributed by atoms with Crippen LogP contribution in [0, 0.1) is 0 Å². The zero-order valence-electron chi connectivity index (χ0n) is 10.3. The van der Waals surface area contributed by atoms with Gasteiger partial charge in [-0.25, -0.2) is 0 Å². The van der Waals surface area contributed by atoms with Crippen molar-refractivity contribution in [2.24, 2.45) is 0 Å². The van der Waals surface area contributed by atoms with E-state index in [1.54, 1.807) is 0 Å². The fraction of sp³-hybridized carbons (Fsp3) is 0.571. The second-order valence-corrected chi connectivity index (χ2v) is 4.68. The monoisotopic (exact) mass is 255 g/mol. The SMILES string of the molecule is FC(F)O[C@@H]1CCCCN[C@H]1Cc1ccccc1. The van der Waals surface area contributed by atoms with Crippen LogP contribution >= 0.6 is 0 Å². The normalized spacial score (nSPS) is 25.1. The molecule has 0 aliphatic carbocycles. The number of benzene rings is 1. The highest BCUT2D eigenvalue weighted by atomic mass is 19.3. The molecule has 1 aliphatic heterocycles. The Morgan fingerprint density at radius 3 is 2.72 bits per heavy atom. The molecule has 2 nitrogen and oxygen atoms in total. The molecule has 0 aromatic heterocycles. The van der Waals surface area contributed by atoms with E-state index in [2.05, 4.69) is 5.32 Å². The summed E-state index contributed by atoms with van der Waals surface area (Å²) in [6.45, 7) is -1.81. The summed E-state index contributed by atoms with van der Waals surface area (Å²) in [6.07, 6.45) is 3.00. The highest BCUT2D eigenvalue weighted by Crippen LogP contribution is 2.19. The van der Waals surface area contributed by atoms with Gasteiger partial charge in [-0.2, -0.15) is 8.78 Å². The molecule has 1 aromatic carbocycles. The van der Waals surface area contributed by atoms with Gasteiger partial charge in [0.1, 0.15) is 0 Å². The van der Waals surface area contributed by atoms with Crippen LogP contribution in [0.4, 0.5) is 8.78 Å². The molecule has 18 heavy (non-hydrogen) atoms. The molecule has 4 heteroatoms. The lowest BCUT2D eigenvalue weighted by Crippen LogP contribution is -2.42. The van der Waals surface area contributed by atoms with Gasteiger partial charge in [-0.15, -0.1) is 0 Å². The zero-order chi connectivity index (χ0) is 12.8. The molecular formula is C14H19F2NO. The molecule has 1 aliphatic rings. The van der Waals surface area contributed by atoms with Gasteiger partial charge in [-0.1, -0.05) is 30.3 Å². The lowest BCUT2D eigenvalue weighted by atomic mass is 9.99. The predicted octanol–water partition coefficient (Wildman–Crippen LogP) is 2.98. The topological polar surface area (TPSA) is 21.3 Å². The molecule has 2 atom stereocenters. The molecule has 1 N–H and O–H groups in total. The van der Waals surface area contributed by atoms with Gasteiger partial charge >= 0.3 is 6.61 Å². The quantitative estimate of drug-likeness (QED) is 0.893. The van der Waals surface area contributed by atoms with Gasteiger partial charge < -0.3 is 10.1 Å². The van der Waals surface area contributed by atoms with Crippen LogP contribution in [0.1, 0.15) is 24.8 Å². The van der Waals surface area contributed by atoms with Crippen molar-refractivity contribution in [1.29, 1.82) is 0 Å². The Bertz CT molecular complexity index is 345. The Morgan fingerprint density at radius 1 is 1.22 bits per heavy atom. The summed E-state index contributed by atoms with van der Waals surface area (Å²) in [5.41, 5.74) is 1.15. The van der Waals surface area contributed by atoms with E-state index >= 15 is 0 Å². The number of alkyl halides is 2. The number of halogens is 2. The minimum absolute atomic E-state index is 0.0242. The van der Waals surface area contributed by atoms with Crippen molar-refractivity contribution in [3.63, 3.8) is 0 Å². The number of nitrogens with one attached hydrogen (secondary N) is 1. The van der Waals surface area contributed by atoms with Crippen LogP contribution in [0.3, 0.4) is 0 Å². The zero-order valence-corrected chi connectivity index (χ0v) is 10.3. The fourth-order valence-corrected chi connectivity index (χ4v) is 2.46. The smallest absolute Gasteiger partial charge is 0.318 e. The van der Waals surface area contributed by atoms with Gasteiger partial charge in [0, 0.05) is 6.04 Å². The molecule has 1 heterocycles. The number of rotatable bonds is 4. The van der Waals surface area contributed by atoms with Crippen LogP contribution in [-0.2, 0) is 11.2 Å². The Labute approximate surface area is 106 Å². The van der Waals surface area contributed by atoms with Crippen molar-refractivity contribution in [3.8, 4) is 0 Å². The Balaban J connectivity index is 2.01. The molecule has 0 amide bonds. The van der Waals surface area contributed by atoms with Crippen molar-refractivity contribution < 1.29 is 13.5 Å². The van der Waals surface area contributed by atoms with E-state index in [4.69, 9.17) is 4.74 Å². The molecule has 0 spiro atoms. The van der Waals surface area contributed by atoms with Crippen LogP contribution in [0.15, 0.2) is 30.3 Å². The number of hydrogen-bond donors (Lipinski definition) is 1. The lowest BCUT2D eigenvalue weighted by molar-refractivity contribution is -0.170. The molecule has 100 valence electrons. The predicted molar refractivity (Wildman–Crippen MR) is 66.7 cm³/mol. The average molecular weight is 255 g/mol. The summed E-state index contributed by atoms with van der Waals surface area (Å²) >= 11 is 0. The Morgan fingerprint density at radius 2 is 2.00 bits per heavy atom. The van der Waals surface area contributed by atoms with Gasteiger partial charge in [-0.05, 0) is 37.8 Å². The molecule has 0 radical (unpaired) electrons. The summed E-state index contributed by atoms with van der Waals surface area (Å²) in [7, 11) is 0. The van der Waals surface area contributed by atoms with Crippen molar-refractivity contribution in [2.45, 2.75) is 44.4 Å². The molecular weight excluding hydrogens is 236 g/mol. The van der Waals surface area contributed by atoms with E-state index in [9.17, 15) is 8.78 Å².